The van der Waals surface area contributed by atoms with Crippen molar-refractivity contribution in [1.29, 1.82) is 0 Å². The molecule has 8 heteroatoms. The van der Waals surface area contributed by atoms with Crippen LogP contribution in [0.3, 0.4) is 0 Å². The fourth-order valence-corrected chi connectivity index (χ4v) is 3.63. The Morgan fingerprint density at radius 3 is 2.91 bits per heavy atom. The van der Waals surface area contributed by atoms with E-state index >= 15 is 0 Å². The van der Waals surface area contributed by atoms with Crippen molar-refractivity contribution in [1.82, 2.24) is 20.0 Å². The van der Waals surface area contributed by atoms with Crippen LogP contribution in [-0.2, 0) is 9.84 Å². The molecule has 1 aliphatic rings. The lowest BCUT2D eigenvalue weighted by molar-refractivity contribution is 0.0912. The fourth-order valence-electron chi connectivity index (χ4n) is 2.86. The number of amides is 1. The van der Waals surface area contributed by atoms with Crippen LogP contribution in [0.2, 0.25) is 0 Å². The molecule has 2 aromatic rings. The monoisotopic (exact) mass is 336 g/mol. The van der Waals surface area contributed by atoms with Crippen LogP contribution in [0.4, 0.5) is 0 Å². The smallest absolute Gasteiger partial charge is 0.272 e. The van der Waals surface area contributed by atoms with Gasteiger partial charge in [0, 0.05) is 25.0 Å². The number of nitrogens with one attached hydrogen (secondary N) is 2. The van der Waals surface area contributed by atoms with Gasteiger partial charge in [-0.3, -0.25) is 9.20 Å². The normalized spacial score (nSPS) is 22.2. The molecule has 0 radical (unpaired) electrons. The van der Waals surface area contributed by atoms with Crippen LogP contribution in [0.15, 0.2) is 29.6 Å². The number of imidazole rings is 1. The molecule has 124 valence electrons. The van der Waals surface area contributed by atoms with Gasteiger partial charge < -0.3 is 10.6 Å². The van der Waals surface area contributed by atoms with Crippen LogP contribution in [-0.4, -0.2) is 49.1 Å². The second kappa shape index (κ2) is 5.93. The zero-order valence-electron chi connectivity index (χ0n) is 13.1. The van der Waals surface area contributed by atoms with Crippen molar-refractivity contribution >= 4 is 21.3 Å². The molecule has 2 N–H and O–H groups in total. The summed E-state index contributed by atoms with van der Waals surface area (Å²) < 4.78 is 25.2. The van der Waals surface area contributed by atoms with E-state index in [1.165, 1.54) is 4.40 Å². The Hall–Kier alpha value is -1.93. The Balaban J connectivity index is 1.98. The van der Waals surface area contributed by atoms with E-state index in [0.717, 1.165) is 19.2 Å². The van der Waals surface area contributed by atoms with Gasteiger partial charge in [-0.15, -0.1) is 0 Å². The van der Waals surface area contributed by atoms with Gasteiger partial charge in [0.25, 0.3) is 5.91 Å². The zero-order valence-corrected chi connectivity index (χ0v) is 13.9. The Labute approximate surface area is 135 Å². The second-order valence-electron chi connectivity index (χ2n) is 6.02. The van der Waals surface area contributed by atoms with E-state index < -0.39 is 9.84 Å². The molecule has 1 saturated heterocycles. The Kier molecular flexibility index (Phi) is 4.11. The minimum atomic E-state index is -3.53. The molecule has 2 aromatic heterocycles. The zero-order chi connectivity index (χ0) is 16.6. The Morgan fingerprint density at radius 2 is 2.22 bits per heavy atom. The maximum absolute atomic E-state index is 12.6. The summed E-state index contributed by atoms with van der Waals surface area (Å²) in [4.78, 5) is 16.7. The quantitative estimate of drug-likeness (QED) is 0.850. The number of hydrogen-bond acceptors (Lipinski definition) is 5. The van der Waals surface area contributed by atoms with Crippen molar-refractivity contribution in [2.45, 2.75) is 24.5 Å². The van der Waals surface area contributed by atoms with E-state index in [4.69, 9.17) is 0 Å². The number of rotatable bonds is 3. The Bertz CT molecular complexity index is 844. The van der Waals surface area contributed by atoms with Crippen molar-refractivity contribution in [3.05, 3.63) is 30.1 Å². The summed E-state index contributed by atoms with van der Waals surface area (Å²) in [7, 11) is -3.53. The summed E-state index contributed by atoms with van der Waals surface area (Å²) >= 11 is 0. The predicted molar refractivity (Wildman–Crippen MR) is 86.2 cm³/mol. The van der Waals surface area contributed by atoms with Crippen molar-refractivity contribution in [2.75, 3.05) is 19.3 Å². The number of aromatic nitrogens is 2. The summed E-state index contributed by atoms with van der Waals surface area (Å²) in [5.41, 5.74) is 0.630. The van der Waals surface area contributed by atoms with Crippen LogP contribution < -0.4 is 10.6 Å². The molecule has 0 spiro atoms. The maximum Gasteiger partial charge on any atom is 0.272 e. The predicted octanol–water partition coefficient (Wildman–Crippen LogP) is 0.466. The van der Waals surface area contributed by atoms with Crippen LogP contribution in [0, 0.1) is 5.92 Å². The average molecular weight is 336 g/mol. The summed E-state index contributed by atoms with van der Waals surface area (Å²) in [6.45, 7) is 3.75. The van der Waals surface area contributed by atoms with Crippen molar-refractivity contribution in [2.24, 2.45) is 5.92 Å². The summed E-state index contributed by atoms with van der Waals surface area (Å²) in [6, 6.07) is 5.17. The number of pyridine rings is 1. The number of carbonyl (C=O) groups is 1. The highest BCUT2D eigenvalue weighted by molar-refractivity contribution is 7.90. The lowest BCUT2D eigenvalue weighted by atomic mass is 9.95. The lowest BCUT2D eigenvalue weighted by Crippen LogP contribution is -2.50. The van der Waals surface area contributed by atoms with Crippen LogP contribution in [0.1, 0.15) is 23.8 Å². The third-order valence-corrected chi connectivity index (χ3v) is 5.16. The molecule has 1 amide bonds. The second-order valence-corrected chi connectivity index (χ2v) is 7.93. The number of hydrogen-bond donors (Lipinski definition) is 2. The van der Waals surface area contributed by atoms with Crippen LogP contribution >= 0.6 is 0 Å². The largest absolute Gasteiger partial charge is 0.346 e. The summed E-state index contributed by atoms with van der Waals surface area (Å²) in [6.07, 6.45) is 3.67. The number of nitrogens with zero attached hydrogens (tertiary/aromatic N) is 2. The van der Waals surface area contributed by atoms with E-state index in [0.29, 0.717) is 18.0 Å². The van der Waals surface area contributed by atoms with Gasteiger partial charge in [0.1, 0.15) is 0 Å². The highest BCUT2D eigenvalue weighted by Crippen LogP contribution is 2.18. The molecule has 0 aliphatic carbocycles. The minimum absolute atomic E-state index is 0.0124. The summed E-state index contributed by atoms with van der Waals surface area (Å²) in [5, 5.41) is 6.10. The van der Waals surface area contributed by atoms with Crippen molar-refractivity contribution in [3.63, 3.8) is 0 Å². The minimum Gasteiger partial charge on any atom is -0.346 e. The molecule has 0 aromatic carbocycles. The molecule has 0 saturated carbocycles. The number of sulfone groups is 1. The molecule has 23 heavy (non-hydrogen) atoms. The lowest BCUT2D eigenvalue weighted by Gasteiger charge is -2.30. The maximum atomic E-state index is 12.6. The third-order valence-electron chi connectivity index (χ3n) is 4.21. The van der Waals surface area contributed by atoms with Gasteiger partial charge in [-0.25, -0.2) is 13.4 Å². The van der Waals surface area contributed by atoms with Gasteiger partial charge in [-0.05, 0) is 31.0 Å². The van der Waals surface area contributed by atoms with Gasteiger partial charge in [0.15, 0.2) is 5.69 Å². The average Bonchev–Trinajstić information content (AvgIpc) is 2.89. The first-order valence-corrected chi connectivity index (χ1v) is 9.46. The van der Waals surface area contributed by atoms with Crippen LogP contribution in [0.5, 0.6) is 0 Å². The van der Waals surface area contributed by atoms with E-state index in [1.807, 2.05) is 0 Å². The molecule has 3 rings (SSSR count). The standard InChI is InChI=1S/C15H20N4O3S/c1-10-6-7-16-9-11(10)17-14(20)13-12-5-3-4-8-19(12)15(18-13)23(2,21)22/h3-5,8,10-11,16H,6-7,9H2,1-2H3,(H,17,20). The van der Waals surface area contributed by atoms with Crippen LogP contribution in [0.25, 0.3) is 5.52 Å². The van der Waals surface area contributed by atoms with E-state index in [1.54, 1.807) is 24.4 Å². The number of fused-ring (bicyclic) bond motifs is 1. The van der Waals surface area contributed by atoms with E-state index in [2.05, 4.69) is 22.5 Å². The molecule has 2 unspecified atom stereocenters. The number of carbonyl (C=O) groups excluding carboxylic acids is 1. The van der Waals surface area contributed by atoms with Gasteiger partial charge in [0.2, 0.25) is 15.0 Å². The van der Waals surface area contributed by atoms with E-state index in [-0.39, 0.29) is 22.8 Å². The first kappa shape index (κ1) is 15.9. The highest BCUT2D eigenvalue weighted by Gasteiger charge is 2.27. The van der Waals surface area contributed by atoms with Crippen molar-refractivity contribution in [3.8, 4) is 0 Å². The topological polar surface area (TPSA) is 92.6 Å². The van der Waals surface area contributed by atoms with Gasteiger partial charge in [-0.1, -0.05) is 13.0 Å². The highest BCUT2D eigenvalue weighted by atomic mass is 32.2. The molecular formula is C15H20N4O3S. The molecular weight excluding hydrogens is 316 g/mol. The van der Waals surface area contributed by atoms with Crippen molar-refractivity contribution < 1.29 is 13.2 Å². The molecule has 1 fully saturated rings. The third kappa shape index (κ3) is 3.09. The first-order chi connectivity index (χ1) is 10.9. The van der Waals surface area contributed by atoms with Gasteiger partial charge in [0.05, 0.1) is 5.52 Å². The molecule has 2 atom stereocenters. The molecule has 1 aliphatic heterocycles. The fraction of sp³-hybridized carbons (Fsp3) is 0.467. The van der Waals surface area contributed by atoms with Gasteiger partial charge >= 0.3 is 0 Å². The Morgan fingerprint density at radius 1 is 1.43 bits per heavy atom. The first-order valence-electron chi connectivity index (χ1n) is 7.56. The number of piperidine rings is 1. The van der Waals surface area contributed by atoms with E-state index in [9.17, 15) is 13.2 Å². The SMILES string of the molecule is CC1CCNCC1NC(=O)c1nc(S(C)(=O)=O)n2ccccc12. The summed E-state index contributed by atoms with van der Waals surface area (Å²) in [5.74, 6) is 0.0209. The van der Waals surface area contributed by atoms with Gasteiger partial charge in [-0.2, -0.15) is 0 Å². The molecule has 3 heterocycles. The molecule has 0 bridgehead atoms. The molecule has 7 nitrogen and oxygen atoms in total.